The van der Waals surface area contributed by atoms with E-state index < -0.39 is 0 Å². The molecule has 3 aromatic heterocycles. The highest BCUT2D eigenvalue weighted by Crippen LogP contribution is 2.41. The number of benzene rings is 4. The Labute approximate surface area is 285 Å². The summed E-state index contributed by atoms with van der Waals surface area (Å²) in [7, 11) is 2.16. The van der Waals surface area contributed by atoms with Crippen molar-refractivity contribution in [3.63, 3.8) is 0 Å². The van der Waals surface area contributed by atoms with E-state index in [0.717, 1.165) is 89.2 Å². The summed E-state index contributed by atoms with van der Waals surface area (Å²) in [5, 5.41) is 0. The number of aromatic nitrogens is 3. The average molecular weight is 629 g/mol. The Balaban J connectivity index is 1.51. The quantitative estimate of drug-likeness (QED) is 0.207. The van der Waals surface area contributed by atoms with Gasteiger partial charge in [-0.25, -0.2) is 4.98 Å². The highest BCUT2D eigenvalue weighted by Gasteiger charge is 2.19. The van der Waals surface area contributed by atoms with Crippen LogP contribution in [0.3, 0.4) is 0 Å². The van der Waals surface area contributed by atoms with Crippen molar-refractivity contribution < 1.29 is 0 Å². The van der Waals surface area contributed by atoms with E-state index in [-0.39, 0.29) is 0 Å². The first-order chi connectivity index (χ1) is 24.2. The topological polar surface area (TPSA) is 46.0 Å². The first-order valence-corrected chi connectivity index (χ1v) is 16.6. The molecule has 0 unspecified atom stereocenters. The summed E-state index contributed by atoms with van der Waals surface area (Å²) in [6.45, 7) is 0. The summed E-state index contributed by atoms with van der Waals surface area (Å²) in [6.07, 6.45) is 6.28. The van der Waals surface area contributed by atoms with Crippen LogP contribution in [0.4, 0.5) is 5.69 Å². The zero-order valence-corrected chi connectivity index (χ0v) is 27.0. The molecule has 2 aliphatic rings. The van der Waals surface area contributed by atoms with Gasteiger partial charge in [-0.3, -0.25) is 4.99 Å². The van der Waals surface area contributed by atoms with Crippen molar-refractivity contribution >= 4 is 46.1 Å². The number of aliphatic imine (C=N–C) groups is 1. The second-order valence-electron chi connectivity index (χ2n) is 12.4. The molecule has 0 atom stereocenters. The molecular weight excluding hydrogens is 597 g/mol. The summed E-state index contributed by atoms with van der Waals surface area (Å²) >= 11 is 0. The van der Waals surface area contributed by atoms with E-state index in [0.29, 0.717) is 0 Å². The average Bonchev–Trinajstić information content (AvgIpc) is 3.98. The second kappa shape index (κ2) is 11.9. The van der Waals surface area contributed by atoms with Crippen LogP contribution in [-0.4, -0.2) is 20.7 Å². The minimum absolute atomic E-state index is 0.886. The van der Waals surface area contributed by atoms with Crippen LogP contribution in [0.2, 0.25) is 0 Å². The lowest BCUT2D eigenvalue weighted by Gasteiger charge is -2.10. The van der Waals surface area contributed by atoms with E-state index in [1.807, 2.05) is 12.3 Å². The summed E-state index contributed by atoms with van der Waals surface area (Å²) in [6, 6.07) is 53.3. The fraction of sp³-hybridized carbons (Fsp3) is 0.0222. The van der Waals surface area contributed by atoms with Gasteiger partial charge in [0.15, 0.2) is 0 Å². The van der Waals surface area contributed by atoms with Crippen LogP contribution in [0.1, 0.15) is 17.0 Å². The SMILES string of the molecule is Cn1c2ccc1c(-c1ccccc1)c1ccc([nH]1)c(-c1ccccc1)c1cc(c(-c3ccccc3)c3nc(c2-c2ccccc2)C=C3)N=C1. The number of nitrogens with one attached hydrogen (secondary N) is 1. The van der Waals surface area contributed by atoms with Gasteiger partial charge < -0.3 is 9.55 Å². The van der Waals surface area contributed by atoms with Gasteiger partial charge in [-0.05, 0) is 64.7 Å². The molecule has 5 heterocycles. The third-order valence-corrected chi connectivity index (χ3v) is 9.44. The molecule has 1 N–H and O–H groups in total. The minimum atomic E-state index is 0.886. The molecule has 0 radical (unpaired) electrons. The van der Waals surface area contributed by atoms with Crippen LogP contribution in [-0.2, 0) is 7.05 Å². The largest absolute Gasteiger partial charge is 0.354 e. The van der Waals surface area contributed by atoms with Crippen molar-refractivity contribution in [2.45, 2.75) is 0 Å². The highest BCUT2D eigenvalue weighted by atomic mass is 14.9. The normalized spacial score (nSPS) is 12.0. The molecule has 7 aromatic rings. The van der Waals surface area contributed by atoms with E-state index in [1.54, 1.807) is 0 Å². The Kier molecular flexibility index (Phi) is 6.98. The molecule has 232 valence electrons. The van der Waals surface area contributed by atoms with E-state index >= 15 is 0 Å². The van der Waals surface area contributed by atoms with Crippen LogP contribution in [0.5, 0.6) is 0 Å². The minimum Gasteiger partial charge on any atom is -0.354 e. The lowest BCUT2D eigenvalue weighted by atomic mass is 10.00. The molecule has 4 aromatic carbocycles. The molecule has 2 aliphatic heterocycles. The summed E-state index contributed by atoms with van der Waals surface area (Å²) < 4.78 is 2.30. The van der Waals surface area contributed by atoms with Crippen LogP contribution in [0, 0.1) is 0 Å². The fourth-order valence-corrected chi connectivity index (χ4v) is 7.17. The summed E-state index contributed by atoms with van der Waals surface area (Å²) in [5.74, 6) is 0. The summed E-state index contributed by atoms with van der Waals surface area (Å²) in [4.78, 5) is 14.3. The Morgan fingerprint density at radius 2 is 0.918 bits per heavy atom. The van der Waals surface area contributed by atoms with Gasteiger partial charge >= 0.3 is 0 Å². The molecule has 0 amide bonds. The molecule has 0 fully saturated rings. The van der Waals surface area contributed by atoms with Crippen LogP contribution in [0.25, 0.3) is 78.7 Å². The maximum atomic E-state index is 5.38. The molecule has 4 heteroatoms. The van der Waals surface area contributed by atoms with Gasteiger partial charge in [0.25, 0.3) is 0 Å². The predicted molar refractivity (Wildman–Crippen MR) is 206 cm³/mol. The van der Waals surface area contributed by atoms with E-state index in [1.165, 1.54) is 0 Å². The van der Waals surface area contributed by atoms with Crippen LogP contribution >= 0.6 is 0 Å². The van der Waals surface area contributed by atoms with E-state index in [9.17, 15) is 0 Å². The van der Waals surface area contributed by atoms with Crippen LogP contribution < -0.4 is 0 Å². The van der Waals surface area contributed by atoms with Gasteiger partial charge in [0.2, 0.25) is 0 Å². The number of fused-ring (bicyclic) bond motifs is 8. The molecule has 0 saturated heterocycles. The maximum Gasteiger partial charge on any atom is 0.0738 e. The van der Waals surface area contributed by atoms with E-state index in [4.69, 9.17) is 9.98 Å². The van der Waals surface area contributed by atoms with Gasteiger partial charge in [-0.15, -0.1) is 0 Å². The van der Waals surface area contributed by atoms with Crippen molar-refractivity contribution in [3.8, 4) is 44.5 Å². The molecular formula is C45H32N4. The monoisotopic (exact) mass is 628 g/mol. The van der Waals surface area contributed by atoms with Crippen molar-refractivity contribution in [2.75, 3.05) is 0 Å². The van der Waals surface area contributed by atoms with Crippen molar-refractivity contribution in [3.05, 3.63) is 169 Å². The second-order valence-corrected chi connectivity index (χ2v) is 12.4. The third-order valence-electron chi connectivity index (χ3n) is 9.44. The maximum absolute atomic E-state index is 5.38. The Bertz CT molecular complexity index is 2570. The first-order valence-electron chi connectivity index (χ1n) is 16.6. The Morgan fingerprint density at radius 3 is 1.49 bits per heavy atom. The Morgan fingerprint density at radius 1 is 0.469 bits per heavy atom. The van der Waals surface area contributed by atoms with Gasteiger partial charge in [0, 0.05) is 52.1 Å². The smallest absolute Gasteiger partial charge is 0.0738 e. The zero-order valence-electron chi connectivity index (χ0n) is 27.0. The number of hydrogen-bond acceptors (Lipinski definition) is 2. The lowest BCUT2D eigenvalue weighted by Crippen LogP contribution is -1.93. The fourth-order valence-electron chi connectivity index (χ4n) is 7.17. The van der Waals surface area contributed by atoms with Gasteiger partial charge in [0.05, 0.1) is 28.1 Å². The lowest BCUT2D eigenvalue weighted by molar-refractivity contribution is 1.01. The van der Waals surface area contributed by atoms with Crippen molar-refractivity contribution in [1.29, 1.82) is 0 Å². The zero-order chi connectivity index (χ0) is 32.7. The number of nitrogens with zero attached hydrogens (tertiary/aromatic N) is 3. The molecule has 4 nitrogen and oxygen atoms in total. The van der Waals surface area contributed by atoms with Gasteiger partial charge in [-0.2, -0.15) is 0 Å². The van der Waals surface area contributed by atoms with Gasteiger partial charge in [0.1, 0.15) is 0 Å². The molecule has 8 bridgehead atoms. The molecule has 0 spiro atoms. The van der Waals surface area contributed by atoms with Crippen molar-refractivity contribution in [2.24, 2.45) is 12.0 Å². The van der Waals surface area contributed by atoms with E-state index in [2.05, 4.69) is 174 Å². The number of hydrogen-bond donors (Lipinski definition) is 1. The molecule has 0 saturated carbocycles. The predicted octanol–water partition coefficient (Wildman–Crippen LogP) is 11.5. The number of rotatable bonds is 4. The van der Waals surface area contributed by atoms with Gasteiger partial charge in [-0.1, -0.05) is 121 Å². The molecule has 49 heavy (non-hydrogen) atoms. The first kappa shape index (κ1) is 28.7. The molecule has 9 rings (SSSR count). The van der Waals surface area contributed by atoms with Crippen LogP contribution in [0.15, 0.2) is 157 Å². The summed E-state index contributed by atoms with van der Waals surface area (Å²) in [5.41, 5.74) is 16.8. The highest BCUT2D eigenvalue weighted by molar-refractivity contribution is 6.04. The Hall–Kier alpha value is -6.52. The number of aromatic amines is 1. The number of H-pyrrole nitrogens is 1. The third kappa shape index (κ3) is 5.02. The van der Waals surface area contributed by atoms with Crippen molar-refractivity contribution in [1.82, 2.24) is 14.5 Å². The number of aryl methyl sites for hydroxylation is 1. The molecule has 0 aliphatic carbocycles. The standard InChI is InChI=1S/C45H32N4/c1-49-40-26-27-41(49)45(33-20-12-5-13-21-33)38-25-23-36(48-38)43(31-16-8-3-9-17-31)39-28-34(29-46-39)42(30-14-6-2-7-15-30)35-22-24-37(47-35)44(40)32-18-10-4-11-19-32/h2-29,47H,1H3.